The second kappa shape index (κ2) is 4.83. The molecule has 1 aliphatic carbocycles. The van der Waals surface area contributed by atoms with E-state index in [0.29, 0.717) is 24.1 Å². The van der Waals surface area contributed by atoms with Crippen molar-refractivity contribution in [2.75, 3.05) is 0 Å². The van der Waals surface area contributed by atoms with Gasteiger partial charge in [-0.05, 0) is 38.7 Å². The Bertz CT molecular complexity index is 663. The third kappa shape index (κ3) is 3.40. The van der Waals surface area contributed by atoms with Gasteiger partial charge < -0.3 is 10.3 Å². The Morgan fingerprint density at radius 1 is 1.24 bits per heavy atom. The summed E-state index contributed by atoms with van der Waals surface area (Å²) in [6.07, 6.45) is 1.05. The minimum atomic E-state index is -0.454. The zero-order valence-corrected chi connectivity index (χ0v) is 13.2. The number of rotatable bonds is 1. The predicted molar refractivity (Wildman–Crippen MR) is 80.7 cm³/mol. The number of pyridine rings is 1. The molecule has 1 aromatic rings. The lowest BCUT2D eigenvalue weighted by Gasteiger charge is -2.30. The summed E-state index contributed by atoms with van der Waals surface area (Å²) in [5.74, 6) is -0.480. The van der Waals surface area contributed by atoms with Gasteiger partial charge in [-0.2, -0.15) is 0 Å². The molecule has 0 saturated carbocycles. The molecule has 0 atom stereocenters. The van der Waals surface area contributed by atoms with Gasteiger partial charge in [0, 0.05) is 23.2 Å². The maximum absolute atomic E-state index is 12.2. The molecule has 5 heteroatoms. The smallest absolute Gasteiger partial charge is 0.261 e. The summed E-state index contributed by atoms with van der Waals surface area (Å²) in [6.45, 7) is 9.50. The van der Waals surface area contributed by atoms with Crippen LogP contribution in [0.4, 0.5) is 0 Å². The Hall–Kier alpha value is -1.91. The molecule has 0 aromatic carbocycles. The molecule has 2 rings (SSSR count). The molecule has 21 heavy (non-hydrogen) atoms. The summed E-state index contributed by atoms with van der Waals surface area (Å²) in [5.41, 5.74) is 0.0486. The van der Waals surface area contributed by atoms with Crippen molar-refractivity contribution in [3.8, 4) is 0 Å². The highest BCUT2D eigenvalue weighted by molar-refractivity contribution is 6.02. The second-order valence-corrected chi connectivity index (χ2v) is 7.55. The third-order valence-corrected chi connectivity index (χ3v) is 3.45. The normalized spacial score (nSPS) is 17.3. The van der Waals surface area contributed by atoms with Crippen LogP contribution >= 0.6 is 0 Å². The number of aromatic nitrogens is 1. The van der Waals surface area contributed by atoms with Crippen LogP contribution < -0.4 is 10.9 Å². The summed E-state index contributed by atoms with van der Waals surface area (Å²) in [6, 6.07) is 1.44. The van der Waals surface area contributed by atoms with Gasteiger partial charge in [-0.3, -0.25) is 14.4 Å². The fourth-order valence-electron chi connectivity index (χ4n) is 2.60. The van der Waals surface area contributed by atoms with Crippen LogP contribution in [0.5, 0.6) is 0 Å². The van der Waals surface area contributed by atoms with Crippen molar-refractivity contribution in [3.05, 3.63) is 33.2 Å². The summed E-state index contributed by atoms with van der Waals surface area (Å²) in [5, 5.41) is 2.74. The van der Waals surface area contributed by atoms with Crippen molar-refractivity contribution in [1.29, 1.82) is 0 Å². The van der Waals surface area contributed by atoms with E-state index < -0.39 is 17.0 Å². The maximum Gasteiger partial charge on any atom is 0.261 e. The summed E-state index contributed by atoms with van der Waals surface area (Å²) >= 11 is 0. The lowest BCUT2D eigenvalue weighted by atomic mass is 9.75. The van der Waals surface area contributed by atoms with Gasteiger partial charge in [-0.15, -0.1) is 0 Å². The van der Waals surface area contributed by atoms with Gasteiger partial charge in [0.15, 0.2) is 5.78 Å². The lowest BCUT2D eigenvalue weighted by Crippen LogP contribution is -2.43. The molecular weight excluding hydrogens is 268 g/mol. The second-order valence-electron chi connectivity index (χ2n) is 7.55. The molecule has 0 spiro atoms. The molecule has 0 saturated heterocycles. The first-order valence-electron chi connectivity index (χ1n) is 7.10. The highest BCUT2D eigenvalue weighted by atomic mass is 16.2. The molecule has 114 valence electrons. The molecular formula is C16H22N2O3. The van der Waals surface area contributed by atoms with E-state index in [4.69, 9.17) is 0 Å². The number of nitrogens with one attached hydrogen (secondary N) is 2. The quantitative estimate of drug-likeness (QED) is 0.831. The van der Waals surface area contributed by atoms with Gasteiger partial charge in [-0.1, -0.05) is 13.8 Å². The molecule has 1 aromatic heterocycles. The van der Waals surface area contributed by atoms with Crippen molar-refractivity contribution < 1.29 is 9.59 Å². The van der Waals surface area contributed by atoms with Gasteiger partial charge >= 0.3 is 0 Å². The van der Waals surface area contributed by atoms with Crippen molar-refractivity contribution in [3.63, 3.8) is 0 Å². The Labute approximate surface area is 124 Å². The highest BCUT2D eigenvalue weighted by Crippen LogP contribution is 2.33. The highest BCUT2D eigenvalue weighted by Gasteiger charge is 2.32. The number of fused-ring (bicyclic) bond motifs is 1. The molecule has 5 nitrogen and oxygen atoms in total. The van der Waals surface area contributed by atoms with Gasteiger partial charge in [-0.25, -0.2) is 0 Å². The van der Waals surface area contributed by atoms with Gasteiger partial charge in [0.25, 0.3) is 11.5 Å². The molecule has 0 fully saturated rings. The van der Waals surface area contributed by atoms with Gasteiger partial charge in [0.05, 0.1) is 0 Å². The molecule has 2 N–H and O–H groups in total. The fraction of sp³-hybridized carbons (Fsp3) is 0.562. The Morgan fingerprint density at radius 3 is 2.43 bits per heavy atom. The van der Waals surface area contributed by atoms with Crippen LogP contribution in [0.15, 0.2) is 10.9 Å². The van der Waals surface area contributed by atoms with Crippen molar-refractivity contribution in [2.45, 2.75) is 53.0 Å². The minimum absolute atomic E-state index is 0.00303. The molecule has 1 aliphatic rings. The van der Waals surface area contributed by atoms with E-state index in [1.165, 1.54) is 6.07 Å². The summed E-state index contributed by atoms with van der Waals surface area (Å²) < 4.78 is 0. The lowest BCUT2D eigenvalue weighted by molar-refractivity contribution is 0.0910. The molecule has 0 aliphatic heterocycles. The average Bonchev–Trinajstić information content (AvgIpc) is 2.23. The number of H-pyrrole nitrogens is 1. The number of hydrogen-bond acceptors (Lipinski definition) is 3. The monoisotopic (exact) mass is 290 g/mol. The van der Waals surface area contributed by atoms with Crippen LogP contribution in [0.2, 0.25) is 0 Å². The number of aromatic amines is 1. The standard InChI is InChI=1S/C16H22N2O3/c1-15(2,3)18-14(21)10-6-9-11(17-13(10)20)7-16(4,5)8-12(9)19/h6H,7-8H2,1-5H3,(H,17,20)(H,18,21). The number of Topliss-reactive ketones (excluding diaryl/α,β-unsaturated/α-hetero) is 1. The predicted octanol–water partition coefficient (Wildman–Crippen LogP) is 2.06. The van der Waals surface area contributed by atoms with E-state index in [1.54, 1.807) is 0 Å². The zero-order chi connectivity index (χ0) is 16.0. The first-order chi connectivity index (χ1) is 9.48. The number of carbonyl (C=O) groups excluding carboxylic acids is 2. The SMILES string of the molecule is CC1(C)CC(=O)c2cc(C(=O)NC(C)(C)C)c(=O)[nH]c2C1. The maximum atomic E-state index is 12.2. The fourth-order valence-corrected chi connectivity index (χ4v) is 2.60. The number of carbonyl (C=O) groups is 2. The van der Waals surface area contributed by atoms with E-state index in [-0.39, 0.29) is 16.8 Å². The topological polar surface area (TPSA) is 79.0 Å². The van der Waals surface area contributed by atoms with E-state index in [9.17, 15) is 14.4 Å². The third-order valence-electron chi connectivity index (χ3n) is 3.45. The summed E-state index contributed by atoms with van der Waals surface area (Å²) in [4.78, 5) is 39.2. The molecule has 1 amide bonds. The average molecular weight is 290 g/mol. The Morgan fingerprint density at radius 2 is 1.86 bits per heavy atom. The van der Waals surface area contributed by atoms with E-state index in [1.807, 2.05) is 34.6 Å². The number of amides is 1. The minimum Gasteiger partial charge on any atom is -0.347 e. The molecule has 0 radical (unpaired) electrons. The van der Waals surface area contributed by atoms with E-state index >= 15 is 0 Å². The van der Waals surface area contributed by atoms with Crippen molar-refractivity contribution in [2.24, 2.45) is 5.41 Å². The van der Waals surface area contributed by atoms with Crippen LogP contribution in [-0.2, 0) is 6.42 Å². The van der Waals surface area contributed by atoms with Crippen LogP contribution in [0.3, 0.4) is 0 Å². The van der Waals surface area contributed by atoms with Crippen LogP contribution in [0.25, 0.3) is 0 Å². The van der Waals surface area contributed by atoms with E-state index in [2.05, 4.69) is 10.3 Å². The largest absolute Gasteiger partial charge is 0.347 e. The molecule has 1 heterocycles. The molecule has 0 bridgehead atoms. The van der Waals surface area contributed by atoms with Gasteiger partial charge in [0.1, 0.15) is 5.56 Å². The van der Waals surface area contributed by atoms with Crippen LogP contribution in [0.1, 0.15) is 67.4 Å². The van der Waals surface area contributed by atoms with Gasteiger partial charge in [0.2, 0.25) is 0 Å². The first-order valence-corrected chi connectivity index (χ1v) is 7.10. The van der Waals surface area contributed by atoms with Crippen LogP contribution in [-0.4, -0.2) is 22.2 Å². The first kappa shape index (κ1) is 15.5. The van der Waals surface area contributed by atoms with Crippen molar-refractivity contribution >= 4 is 11.7 Å². The van der Waals surface area contributed by atoms with Crippen LogP contribution in [0, 0.1) is 5.41 Å². The van der Waals surface area contributed by atoms with Crippen molar-refractivity contribution in [1.82, 2.24) is 10.3 Å². The number of hydrogen-bond donors (Lipinski definition) is 2. The zero-order valence-electron chi connectivity index (χ0n) is 13.2. The Balaban J connectivity index is 2.45. The van der Waals surface area contributed by atoms with E-state index in [0.717, 1.165) is 0 Å². The Kier molecular flexibility index (Phi) is 3.56. The summed E-state index contributed by atoms with van der Waals surface area (Å²) in [7, 11) is 0. The number of ketones is 1. The molecule has 0 unspecified atom stereocenters.